The van der Waals surface area contributed by atoms with Gasteiger partial charge in [0.05, 0.1) is 0 Å². The van der Waals surface area contributed by atoms with E-state index in [0.717, 1.165) is 38.4 Å². The average Bonchev–Trinajstić information content (AvgIpc) is 2.90. The molecule has 0 aliphatic carbocycles. The standard InChI is InChI=1S/C15H29N3O/c1-12-5-8-18(13(2)9-12)14(11-16)10-15(19)17-6-3-4-7-17/h12-14H,3-11,16H2,1-2H3. The van der Waals surface area contributed by atoms with Crippen LogP contribution in [-0.2, 0) is 4.79 Å². The molecule has 110 valence electrons. The van der Waals surface area contributed by atoms with Gasteiger partial charge in [-0.3, -0.25) is 9.69 Å². The van der Waals surface area contributed by atoms with Crippen molar-refractivity contribution in [2.24, 2.45) is 11.7 Å². The van der Waals surface area contributed by atoms with E-state index in [1.807, 2.05) is 4.90 Å². The highest BCUT2D eigenvalue weighted by molar-refractivity contribution is 5.77. The first kappa shape index (κ1) is 14.8. The van der Waals surface area contributed by atoms with Crippen LogP contribution < -0.4 is 5.73 Å². The predicted molar refractivity (Wildman–Crippen MR) is 77.8 cm³/mol. The van der Waals surface area contributed by atoms with Crippen molar-refractivity contribution < 1.29 is 4.79 Å². The molecule has 2 fully saturated rings. The van der Waals surface area contributed by atoms with Crippen molar-refractivity contribution in [1.29, 1.82) is 0 Å². The largest absolute Gasteiger partial charge is 0.343 e. The van der Waals surface area contributed by atoms with E-state index in [9.17, 15) is 4.79 Å². The normalized spacial score (nSPS) is 30.6. The average molecular weight is 267 g/mol. The van der Waals surface area contributed by atoms with E-state index in [1.165, 1.54) is 12.8 Å². The SMILES string of the molecule is CC1CCN(C(CN)CC(=O)N2CCCC2)C(C)C1. The molecule has 3 unspecified atom stereocenters. The Labute approximate surface area is 117 Å². The Hall–Kier alpha value is -0.610. The smallest absolute Gasteiger partial charge is 0.224 e. The van der Waals surface area contributed by atoms with E-state index in [-0.39, 0.29) is 6.04 Å². The Morgan fingerprint density at radius 2 is 1.95 bits per heavy atom. The number of hydrogen-bond acceptors (Lipinski definition) is 3. The van der Waals surface area contributed by atoms with Gasteiger partial charge in [-0.25, -0.2) is 0 Å². The van der Waals surface area contributed by atoms with Gasteiger partial charge in [-0.2, -0.15) is 0 Å². The van der Waals surface area contributed by atoms with Crippen molar-refractivity contribution in [1.82, 2.24) is 9.80 Å². The molecule has 0 aromatic rings. The molecule has 0 bridgehead atoms. The summed E-state index contributed by atoms with van der Waals surface area (Å²) >= 11 is 0. The van der Waals surface area contributed by atoms with Crippen LogP contribution >= 0.6 is 0 Å². The first-order valence-electron chi connectivity index (χ1n) is 7.85. The number of carbonyl (C=O) groups excluding carboxylic acids is 1. The van der Waals surface area contributed by atoms with Gasteiger partial charge in [0.1, 0.15) is 0 Å². The third-order valence-corrected chi connectivity index (χ3v) is 4.80. The van der Waals surface area contributed by atoms with Crippen molar-refractivity contribution in [3.05, 3.63) is 0 Å². The van der Waals surface area contributed by atoms with Crippen molar-refractivity contribution in [3.63, 3.8) is 0 Å². The lowest BCUT2D eigenvalue weighted by Crippen LogP contribution is -2.51. The Bertz CT molecular complexity index is 302. The minimum Gasteiger partial charge on any atom is -0.343 e. The Balaban J connectivity index is 1.90. The summed E-state index contributed by atoms with van der Waals surface area (Å²) in [4.78, 5) is 16.8. The summed E-state index contributed by atoms with van der Waals surface area (Å²) in [5.41, 5.74) is 5.94. The first-order valence-corrected chi connectivity index (χ1v) is 7.85. The van der Waals surface area contributed by atoms with Gasteiger partial charge in [0.15, 0.2) is 0 Å². The zero-order valence-electron chi connectivity index (χ0n) is 12.5. The monoisotopic (exact) mass is 267 g/mol. The summed E-state index contributed by atoms with van der Waals surface area (Å²) in [7, 11) is 0. The Morgan fingerprint density at radius 1 is 1.26 bits per heavy atom. The van der Waals surface area contributed by atoms with Gasteiger partial charge in [-0.05, 0) is 45.1 Å². The lowest BCUT2D eigenvalue weighted by Gasteiger charge is -2.41. The van der Waals surface area contributed by atoms with Gasteiger partial charge in [0, 0.05) is 38.1 Å². The highest BCUT2D eigenvalue weighted by Gasteiger charge is 2.30. The molecular weight excluding hydrogens is 238 g/mol. The fourth-order valence-electron chi connectivity index (χ4n) is 3.60. The molecule has 2 rings (SSSR count). The number of hydrogen-bond donors (Lipinski definition) is 1. The molecule has 19 heavy (non-hydrogen) atoms. The topological polar surface area (TPSA) is 49.6 Å². The van der Waals surface area contributed by atoms with Crippen LogP contribution in [0.2, 0.25) is 0 Å². The van der Waals surface area contributed by atoms with Crippen molar-refractivity contribution >= 4 is 5.91 Å². The number of likely N-dealkylation sites (tertiary alicyclic amines) is 2. The fraction of sp³-hybridized carbons (Fsp3) is 0.933. The van der Waals surface area contributed by atoms with Gasteiger partial charge in [-0.1, -0.05) is 6.92 Å². The van der Waals surface area contributed by atoms with E-state index in [1.54, 1.807) is 0 Å². The van der Waals surface area contributed by atoms with Gasteiger partial charge in [0.2, 0.25) is 5.91 Å². The summed E-state index contributed by atoms with van der Waals surface area (Å²) in [6.45, 7) is 8.18. The fourth-order valence-corrected chi connectivity index (χ4v) is 3.60. The summed E-state index contributed by atoms with van der Waals surface area (Å²) in [6, 6.07) is 0.791. The maximum atomic E-state index is 12.3. The Kier molecular flexibility index (Phi) is 5.22. The molecule has 0 spiro atoms. The maximum Gasteiger partial charge on any atom is 0.224 e. The number of nitrogens with zero attached hydrogens (tertiary/aromatic N) is 2. The molecule has 2 aliphatic rings. The number of carbonyl (C=O) groups is 1. The second-order valence-corrected chi connectivity index (χ2v) is 6.40. The summed E-state index contributed by atoms with van der Waals surface area (Å²) < 4.78 is 0. The molecule has 2 heterocycles. The molecule has 1 amide bonds. The van der Waals surface area contributed by atoms with Gasteiger partial charge >= 0.3 is 0 Å². The highest BCUT2D eigenvalue weighted by Crippen LogP contribution is 2.25. The molecule has 0 aromatic carbocycles. The van der Waals surface area contributed by atoms with E-state index in [2.05, 4.69) is 18.7 Å². The van der Waals surface area contributed by atoms with Gasteiger partial charge < -0.3 is 10.6 Å². The lowest BCUT2D eigenvalue weighted by molar-refractivity contribution is -0.131. The summed E-state index contributed by atoms with van der Waals surface area (Å²) in [6.07, 6.45) is 5.40. The predicted octanol–water partition coefficient (Wildman–Crippen LogP) is 1.45. The second-order valence-electron chi connectivity index (χ2n) is 6.40. The molecule has 4 heteroatoms. The minimum atomic E-state index is 0.232. The lowest BCUT2D eigenvalue weighted by atomic mass is 9.91. The molecule has 2 saturated heterocycles. The molecule has 0 radical (unpaired) electrons. The molecule has 2 aliphatic heterocycles. The third-order valence-electron chi connectivity index (χ3n) is 4.80. The number of rotatable bonds is 4. The molecule has 0 aromatic heterocycles. The van der Waals surface area contributed by atoms with Crippen LogP contribution in [0.4, 0.5) is 0 Å². The van der Waals surface area contributed by atoms with E-state index in [0.29, 0.717) is 24.9 Å². The maximum absolute atomic E-state index is 12.3. The third kappa shape index (κ3) is 3.69. The molecule has 0 saturated carbocycles. The highest BCUT2D eigenvalue weighted by atomic mass is 16.2. The quantitative estimate of drug-likeness (QED) is 0.838. The summed E-state index contributed by atoms with van der Waals surface area (Å²) in [5, 5.41) is 0. The number of nitrogens with two attached hydrogens (primary N) is 1. The zero-order valence-corrected chi connectivity index (χ0v) is 12.5. The second kappa shape index (κ2) is 6.71. The van der Waals surface area contributed by atoms with Crippen LogP contribution in [0.3, 0.4) is 0 Å². The molecule has 3 atom stereocenters. The van der Waals surface area contributed by atoms with E-state index >= 15 is 0 Å². The molecular formula is C15H29N3O. The van der Waals surface area contributed by atoms with Crippen molar-refractivity contribution in [2.45, 2.75) is 58.0 Å². The molecule has 2 N–H and O–H groups in total. The molecule has 4 nitrogen and oxygen atoms in total. The van der Waals surface area contributed by atoms with Crippen LogP contribution in [0.25, 0.3) is 0 Å². The van der Waals surface area contributed by atoms with Crippen LogP contribution in [0.1, 0.15) is 46.0 Å². The minimum absolute atomic E-state index is 0.232. The van der Waals surface area contributed by atoms with Gasteiger partial charge in [0.25, 0.3) is 0 Å². The van der Waals surface area contributed by atoms with Crippen LogP contribution in [0.5, 0.6) is 0 Å². The number of piperidine rings is 1. The first-order chi connectivity index (χ1) is 9.11. The van der Waals surface area contributed by atoms with Crippen molar-refractivity contribution in [3.8, 4) is 0 Å². The Morgan fingerprint density at radius 3 is 2.53 bits per heavy atom. The number of amides is 1. The van der Waals surface area contributed by atoms with Crippen LogP contribution in [0, 0.1) is 5.92 Å². The van der Waals surface area contributed by atoms with Crippen molar-refractivity contribution in [2.75, 3.05) is 26.2 Å². The van der Waals surface area contributed by atoms with E-state index in [4.69, 9.17) is 5.73 Å². The zero-order chi connectivity index (χ0) is 13.8. The van der Waals surface area contributed by atoms with Gasteiger partial charge in [-0.15, -0.1) is 0 Å². The van der Waals surface area contributed by atoms with Crippen LogP contribution in [0.15, 0.2) is 0 Å². The summed E-state index contributed by atoms with van der Waals surface area (Å²) in [5.74, 6) is 1.11. The van der Waals surface area contributed by atoms with Crippen LogP contribution in [-0.4, -0.2) is 54.0 Å². The van der Waals surface area contributed by atoms with E-state index < -0.39 is 0 Å².